The average molecular weight is 266 g/mol. The smallest absolute Gasteiger partial charge is 0.369 e. The van der Waals surface area contributed by atoms with Gasteiger partial charge in [0.15, 0.2) is 0 Å². The van der Waals surface area contributed by atoms with Gasteiger partial charge in [0.05, 0.1) is 17.3 Å². The van der Waals surface area contributed by atoms with Crippen molar-refractivity contribution in [3.05, 3.63) is 29.3 Å². The third kappa shape index (κ3) is 3.47. The van der Waals surface area contributed by atoms with Gasteiger partial charge < -0.3 is 4.74 Å². The molecule has 0 bridgehead atoms. The van der Waals surface area contributed by atoms with E-state index in [1.54, 1.807) is 44.3 Å². The zero-order valence-electron chi connectivity index (χ0n) is 10.1. The van der Waals surface area contributed by atoms with Crippen LogP contribution in [-0.4, -0.2) is 25.3 Å². The number of anilines is 1. The highest BCUT2D eigenvalue weighted by Gasteiger charge is 2.14. The van der Waals surface area contributed by atoms with Crippen molar-refractivity contribution in [2.24, 2.45) is 5.10 Å². The molecule has 0 fully saturated rings. The van der Waals surface area contributed by atoms with Crippen molar-refractivity contribution in [1.29, 1.82) is 5.26 Å². The van der Waals surface area contributed by atoms with Crippen LogP contribution in [0.3, 0.4) is 0 Å². The van der Waals surface area contributed by atoms with Crippen LogP contribution in [0.5, 0.6) is 0 Å². The van der Waals surface area contributed by atoms with E-state index in [1.807, 2.05) is 0 Å². The minimum absolute atomic E-state index is 0.190. The molecular formula is C12H12ClN3O2. The second-order valence-corrected chi connectivity index (χ2v) is 3.66. The molecule has 18 heavy (non-hydrogen) atoms. The third-order valence-electron chi connectivity index (χ3n) is 2.03. The van der Waals surface area contributed by atoms with Crippen molar-refractivity contribution < 1.29 is 9.53 Å². The highest BCUT2D eigenvalue weighted by Crippen LogP contribution is 2.24. The van der Waals surface area contributed by atoms with Gasteiger partial charge in [-0.05, 0) is 19.1 Å². The molecule has 6 heteroatoms. The van der Waals surface area contributed by atoms with Crippen molar-refractivity contribution in [3.8, 4) is 6.07 Å². The number of ether oxygens (including phenoxy) is 1. The van der Waals surface area contributed by atoms with Crippen LogP contribution in [0.4, 0.5) is 5.69 Å². The Morgan fingerprint density at radius 3 is 2.78 bits per heavy atom. The molecule has 94 valence electrons. The molecule has 1 aromatic carbocycles. The monoisotopic (exact) mass is 265 g/mol. The van der Waals surface area contributed by atoms with E-state index in [4.69, 9.17) is 21.6 Å². The van der Waals surface area contributed by atoms with Gasteiger partial charge in [0.1, 0.15) is 6.07 Å². The van der Waals surface area contributed by atoms with Crippen LogP contribution < -0.4 is 5.01 Å². The SMILES string of the molecule is CCOC(=O)/C(C#N)=N/N(C)c1ccccc1Cl. The Labute approximate surface area is 110 Å². The highest BCUT2D eigenvalue weighted by molar-refractivity contribution is 6.43. The number of para-hydroxylation sites is 1. The van der Waals surface area contributed by atoms with Crippen LogP contribution in [0.25, 0.3) is 0 Å². The minimum Gasteiger partial charge on any atom is -0.461 e. The molecular weight excluding hydrogens is 254 g/mol. The summed E-state index contributed by atoms with van der Waals surface area (Å²) in [6.45, 7) is 1.85. The first-order chi connectivity index (χ1) is 8.60. The number of nitrogens with zero attached hydrogens (tertiary/aromatic N) is 3. The van der Waals surface area contributed by atoms with E-state index in [0.29, 0.717) is 10.7 Å². The highest BCUT2D eigenvalue weighted by atomic mass is 35.5. The zero-order chi connectivity index (χ0) is 13.5. The fraction of sp³-hybridized carbons (Fsp3) is 0.250. The summed E-state index contributed by atoms with van der Waals surface area (Å²) >= 11 is 5.98. The molecule has 0 aliphatic carbocycles. The summed E-state index contributed by atoms with van der Waals surface area (Å²) in [5, 5.41) is 14.6. The van der Waals surface area contributed by atoms with Gasteiger partial charge in [-0.1, -0.05) is 23.7 Å². The van der Waals surface area contributed by atoms with Gasteiger partial charge >= 0.3 is 5.97 Å². The largest absolute Gasteiger partial charge is 0.461 e. The molecule has 0 spiro atoms. The third-order valence-corrected chi connectivity index (χ3v) is 2.35. The number of benzene rings is 1. The number of halogens is 1. The maximum absolute atomic E-state index is 11.4. The predicted octanol–water partition coefficient (Wildman–Crippen LogP) is 2.22. The lowest BCUT2D eigenvalue weighted by Crippen LogP contribution is -2.21. The van der Waals surface area contributed by atoms with Crippen molar-refractivity contribution in [2.75, 3.05) is 18.7 Å². The van der Waals surface area contributed by atoms with Crippen LogP contribution in [0.1, 0.15) is 6.92 Å². The Morgan fingerprint density at radius 1 is 1.56 bits per heavy atom. The Hall–Kier alpha value is -2.06. The number of hydrogen-bond donors (Lipinski definition) is 0. The second-order valence-electron chi connectivity index (χ2n) is 3.26. The standard InChI is InChI=1S/C12H12ClN3O2/c1-3-18-12(17)10(8-14)15-16(2)11-7-5-4-6-9(11)13/h4-7H,3H2,1-2H3/b15-10+. The van der Waals surface area contributed by atoms with Crippen molar-refractivity contribution >= 4 is 29.0 Å². The Kier molecular flexibility index (Phi) is 5.15. The van der Waals surface area contributed by atoms with Gasteiger partial charge in [0, 0.05) is 7.05 Å². The zero-order valence-corrected chi connectivity index (χ0v) is 10.8. The summed E-state index contributed by atoms with van der Waals surface area (Å²) in [5.41, 5.74) is 0.274. The Bertz CT molecular complexity index is 508. The number of carbonyl (C=O) groups excluding carboxylic acids is 1. The normalized spacial score (nSPS) is 10.7. The number of carbonyl (C=O) groups is 1. The lowest BCUT2D eigenvalue weighted by atomic mass is 10.3. The quantitative estimate of drug-likeness (QED) is 0.476. The summed E-state index contributed by atoms with van der Waals surface area (Å²) in [6.07, 6.45) is 0. The molecule has 1 rings (SSSR count). The van der Waals surface area contributed by atoms with E-state index in [-0.39, 0.29) is 12.3 Å². The van der Waals surface area contributed by atoms with Gasteiger partial charge in [-0.15, -0.1) is 0 Å². The molecule has 1 aromatic rings. The molecule has 0 aliphatic rings. The second kappa shape index (κ2) is 6.62. The fourth-order valence-electron chi connectivity index (χ4n) is 1.23. The van der Waals surface area contributed by atoms with Crippen molar-refractivity contribution in [3.63, 3.8) is 0 Å². The number of rotatable bonds is 4. The molecule has 0 radical (unpaired) electrons. The molecule has 0 saturated carbocycles. The Morgan fingerprint density at radius 2 is 2.22 bits per heavy atom. The summed E-state index contributed by atoms with van der Waals surface area (Å²) in [6, 6.07) is 8.68. The summed E-state index contributed by atoms with van der Waals surface area (Å²) in [5.74, 6) is -0.751. The lowest BCUT2D eigenvalue weighted by molar-refractivity contribution is -0.134. The van der Waals surface area contributed by atoms with Crippen molar-refractivity contribution in [2.45, 2.75) is 6.92 Å². The van der Waals surface area contributed by atoms with Crippen LogP contribution in [0, 0.1) is 11.3 Å². The molecule has 0 unspecified atom stereocenters. The maximum atomic E-state index is 11.4. The van der Waals surface area contributed by atoms with E-state index in [0.717, 1.165) is 0 Å². The molecule has 0 atom stereocenters. The van der Waals surface area contributed by atoms with Gasteiger partial charge in [0.25, 0.3) is 0 Å². The van der Waals surface area contributed by atoms with E-state index in [2.05, 4.69) is 5.10 Å². The molecule has 0 aliphatic heterocycles. The number of hydrogen-bond acceptors (Lipinski definition) is 5. The summed E-state index contributed by atoms with van der Waals surface area (Å²) < 4.78 is 4.71. The molecule has 0 saturated heterocycles. The maximum Gasteiger partial charge on any atom is 0.369 e. The lowest BCUT2D eigenvalue weighted by Gasteiger charge is -2.14. The first kappa shape index (κ1) is 14.0. The molecule has 5 nitrogen and oxygen atoms in total. The van der Waals surface area contributed by atoms with Gasteiger partial charge in [-0.25, -0.2) is 4.79 Å². The predicted molar refractivity (Wildman–Crippen MR) is 69.5 cm³/mol. The first-order valence-corrected chi connectivity index (χ1v) is 5.62. The van der Waals surface area contributed by atoms with E-state index in [1.165, 1.54) is 5.01 Å². The fourth-order valence-corrected chi connectivity index (χ4v) is 1.48. The molecule has 0 aromatic heterocycles. The van der Waals surface area contributed by atoms with E-state index in [9.17, 15) is 4.79 Å². The first-order valence-electron chi connectivity index (χ1n) is 5.24. The van der Waals surface area contributed by atoms with Crippen LogP contribution in [0.2, 0.25) is 5.02 Å². The number of esters is 1. The molecule has 0 amide bonds. The topological polar surface area (TPSA) is 65.7 Å². The van der Waals surface area contributed by atoms with Gasteiger partial charge in [-0.3, -0.25) is 5.01 Å². The summed E-state index contributed by atoms with van der Waals surface area (Å²) in [4.78, 5) is 11.4. The van der Waals surface area contributed by atoms with Crippen LogP contribution in [0.15, 0.2) is 29.4 Å². The average Bonchev–Trinajstić information content (AvgIpc) is 2.36. The molecule has 0 heterocycles. The van der Waals surface area contributed by atoms with Crippen LogP contribution in [-0.2, 0) is 9.53 Å². The summed E-state index contributed by atoms with van der Waals surface area (Å²) in [7, 11) is 1.60. The van der Waals surface area contributed by atoms with Crippen LogP contribution >= 0.6 is 11.6 Å². The molecule has 0 N–H and O–H groups in total. The van der Waals surface area contributed by atoms with E-state index < -0.39 is 5.97 Å². The Balaban J connectivity index is 2.97. The number of hydrazone groups is 1. The van der Waals surface area contributed by atoms with Gasteiger partial charge in [-0.2, -0.15) is 10.4 Å². The van der Waals surface area contributed by atoms with Crippen molar-refractivity contribution in [1.82, 2.24) is 0 Å². The minimum atomic E-state index is -0.751. The number of nitriles is 1. The van der Waals surface area contributed by atoms with Gasteiger partial charge in [0.2, 0.25) is 5.71 Å². The van der Waals surface area contributed by atoms with E-state index >= 15 is 0 Å².